The van der Waals surface area contributed by atoms with Gasteiger partial charge in [-0.25, -0.2) is 0 Å². The van der Waals surface area contributed by atoms with Gasteiger partial charge in [-0.3, -0.25) is 0 Å². The molecule has 0 bridgehead atoms. The quantitative estimate of drug-likeness (QED) is 0.754. The minimum Gasteiger partial charge on any atom is -0.380 e. The van der Waals surface area contributed by atoms with Crippen molar-refractivity contribution in [3.05, 3.63) is 0 Å². The zero-order valence-corrected chi connectivity index (χ0v) is 11.2. The second-order valence-electron chi connectivity index (χ2n) is 5.77. The van der Waals surface area contributed by atoms with Gasteiger partial charge >= 0.3 is 0 Å². The van der Waals surface area contributed by atoms with E-state index in [1.54, 1.807) is 0 Å². The van der Waals surface area contributed by atoms with Gasteiger partial charge in [0.25, 0.3) is 0 Å². The third-order valence-corrected chi connectivity index (χ3v) is 3.68. The minimum absolute atomic E-state index is 0.302. The van der Waals surface area contributed by atoms with Crippen LogP contribution in [0.5, 0.6) is 0 Å². The van der Waals surface area contributed by atoms with Crippen LogP contribution in [-0.2, 0) is 4.74 Å². The van der Waals surface area contributed by atoms with Crippen molar-refractivity contribution in [1.82, 2.24) is 4.90 Å². The number of hydrogen-bond acceptors (Lipinski definition) is 3. The molecule has 0 amide bonds. The van der Waals surface area contributed by atoms with Gasteiger partial charge in [0.05, 0.1) is 6.10 Å². The molecule has 1 aliphatic heterocycles. The highest BCUT2D eigenvalue weighted by molar-refractivity contribution is 4.75. The molecule has 0 spiro atoms. The van der Waals surface area contributed by atoms with E-state index < -0.39 is 0 Å². The number of nitrogens with zero attached hydrogens (tertiary/aromatic N) is 1. The van der Waals surface area contributed by atoms with Gasteiger partial charge in [-0.15, -0.1) is 0 Å². The highest BCUT2D eigenvalue weighted by Gasteiger charge is 2.20. The first-order chi connectivity index (χ1) is 7.57. The highest BCUT2D eigenvalue weighted by atomic mass is 16.5. The number of piperidine rings is 1. The van der Waals surface area contributed by atoms with Crippen molar-refractivity contribution in [2.45, 2.75) is 45.6 Å². The molecule has 3 heteroatoms. The Morgan fingerprint density at radius 1 is 1.44 bits per heavy atom. The van der Waals surface area contributed by atoms with E-state index in [1.807, 2.05) is 7.11 Å². The summed E-state index contributed by atoms with van der Waals surface area (Å²) in [4.78, 5) is 2.53. The van der Waals surface area contributed by atoms with Gasteiger partial charge in [0.15, 0.2) is 0 Å². The normalized spacial score (nSPS) is 23.6. The number of nitrogens with two attached hydrogens (primary N) is 1. The van der Waals surface area contributed by atoms with E-state index in [1.165, 1.54) is 38.8 Å². The molecule has 2 N–H and O–H groups in total. The van der Waals surface area contributed by atoms with Gasteiger partial charge < -0.3 is 15.4 Å². The maximum atomic E-state index is 5.74. The summed E-state index contributed by atoms with van der Waals surface area (Å²) < 4.78 is 5.43. The van der Waals surface area contributed by atoms with Crippen LogP contribution in [0.25, 0.3) is 0 Å². The van der Waals surface area contributed by atoms with E-state index in [0.717, 1.165) is 13.1 Å². The number of hydrogen-bond donors (Lipinski definition) is 1. The number of methoxy groups -OCH3 is 1. The fourth-order valence-corrected chi connectivity index (χ4v) is 2.29. The van der Waals surface area contributed by atoms with Crippen LogP contribution < -0.4 is 5.73 Å². The van der Waals surface area contributed by atoms with Crippen LogP contribution in [0.1, 0.15) is 39.5 Å². The van der Waals surface area contributed by atoms with Crippen molar-refractivity contribution in [3.8, 4) is 0 Å². The van der Waals surface area contributed by atoms with Gasteiger partial charge in [0.1, 0.15) is 0 Å². The van der Waals surface area contributed by atoms with Crippen molar-refractivity contribution in [2.75, 3.05) is 33.3 Å². The molecule has 0 radical (unpaired) electrons. The first kappa shape index (κ1) is 13.9. The molecule has 1 rings (SSSR count). The minimum atomic E-state index is 0.302. The fraction of sp³-hybridized carbons (Fsp3) is 1.00. The summed E-state index contributed by atoms with van der Waals surface area (Å²) in [5.74, 6) is 0. The van der Waals surface area contributed by atoms with Crippen LogP contribution in [0.15, 0.2) is 0 Å². The second kappa shape index (κ2) is 6.58. The molecule has 3 nitrogen and oxygen atoms in total. The fourth-order valence-electron chi connectivity index (χ4n) is 2.29. The Kier molecular flexibility index (Phi) is 5.73. The van der Waals surface area contributed by atoms with Gasteiger partial charge in [-0.05, 0) is 50.7 Å². The van der Waals surface area contributed by atoms with E-state index in [9.17, 15) is 0 Å². The number of rotatable bonds is 6. The molecule has 1 atom stereocenters. The Hall–Kier alpha value is -0.120. The monoisotopic (exact) mass is 228 g/mol. The van der Waals surface area contributed by atoms with E-state index >= 15 is 0 Å². The molecule has 1 fully saturated rings. The Morgan fingerprint density at radius 3 is 2.81 bits per heavy atom. The molecule has 1 heterocycles. The van der Waals surface area contributed by atoms with Crippen molar-refractivity contribution in [2.24, 2.45) is 11.1 Å². The zero-order chi connectivity index (χ0) is 12.0. The van der Waals surface area contributed by atoms with Crippen LogP contribution in [-0.4, -0.2) is 44.3 Å². The van der Waals surface area contributed by atoms with E-state index in [4.69, 9.17) is 10.5 Å². The summed E-state index contributed by atoms with van der Waals surface area (Å²) in [7, 11) is 1.83. The molecule has 96 valence electrons. The summed E-state index contributed by atoms with van der Waals surface area (Å²) in [6, 6.07) is 0. The Bertz CT molecular complexity index is 194. The Labute approximate surface area is 100 Å². The molecule has 0 aromatic heterocycles. The molecule has 1 unspecified atom stereocenters. The Balaban J connectivity index is 2.17. The topological polar surface area (TPSA) is 38.5 Å². The summed E-state index contributed by atoms with van der Waals surface area (Å²) in [5, 5.41) is 0. The van der Waals surface area contributed by atoms with E-state index in [-0.39, 0.29) is 0 Å². The van der Waals surface area contributed by atoms with Gasteiger partial charge in [0, 0.05) is 13.7 Å². The van der Waals surface area contributed by atoms with Crippen LogP contribution >= 0.6 is 0 Å². The lowest BCUT2D eigenvalue weighted by molar-refractivity contribution is 0.0300. The third-order valence-electron chi connectivity index (χ3n) is 3.68. The summed E-state index contributed by atoms with van der Waals surface area (Å²) in [5.41, 5.74) is 6.04. The van der Waals surface area contributed by atoms with Crippen molar-refractivity contribution < 1.29 is 4.74 Å². The molecule has 1 aliphatic rings. The highest BCUT2D eigenvalue weighted by Crippen LogP contribution is 2.21. The van der Waals surface area contributed by atoms with Crippen molar-refractivity contribution >= 4 is 0 Å². The maximum Gasteiger partial charge on any atom is 0.0698 e. The third kappa shape index (κ3) is 4.81. The van der Waals surface area contributed by atoms with Crippen molar-refractivity contribution in [1.29, 1.82) is 0 Å². The standard InChI is InChI=1S/C13H28N2O/c1-13(2,11-14)7-5-9-15-8-4-6-12(10-15)16-3/h12H,4-11,14H2,1-3H3. The SMILES string of the molecule is COC1CCCN(CCCC(C)(C)CN)C1. The molecule has 0 aromatic carbocycles. The first-order valence-electron chi connectivity index (χ1n) is 6.52. The lowest BCUT2D eigenvalue weighted by Gasteiger charge is -2.32. The van der Waals surface area contributed by atoms with E-state index in [0.29, 0.717) is 11.5 Å². The maximum absolute atomic E-state index is 5.74. The number of likely N-dealkylation sites (tertiary alicyclic amines) is 1. The average Bonchev–Trinajstić information content (AvgIpc) is 2.29. The average molecular weight is 228 g/mol. The van der Waals surface area contributed by atoms with E-state index in [2.05, 4.69) is 18.7 Å². The lowest BCUT2D eigenvalue weighted by Crippen LogP contribution is -2.40. The van der Waals surface area contributed by atoms with Gasteiger partial charge in [-0.1, -0.05) is 13.8 Å². The molecule has 16 heavy (non-hydrogen) atoms. The zero-order valence-electron chi connectivity index (χ0n) is 11.2. The van der Waals surface area contributed by atoms with Gasteiger partial charge in [-0.2, -0.15) is 0 Å². The Morgan fingerprint density at radius 2 is 2.19 bits per heavy atom. The first-order valence-corrected chi connectivity index (χ1v) is 6.52. The van der Waals surface area contributed by atoms with Crippen LogP contribution in [0.2, 0.25) is 0 Å². The lowest BCUT2D eigenvalue weighted by atomic mass is 9.88. The van der Waals surface area contributed by atoms with Crippen LogP contribution in [0.3, 0.4) is 0 Å². The van der Waals surface area contributed by atoms with Crippen LogP contribution in [0, 0.1) is 5.41 Å². The van der Waals surface area contributed by atoms with Crippen molar-refractivity contribution in [3.63, 3.8) is 0 Å². The predicted octanol–water partition coefficient (Wildman–Crippen LogP) is 1.86. The summed E-state index contributed by atoms with van der Waals surface area (Å²) in [6.45, 7) is 8.84. The molecular formula is C13H28N2O. The smallest absolute Gasteiger partial charge is 0.0698 e. The molecule has 0 aromatic rings. The molecular weight excluding hydrogens is 200 g/mol. The summed E-state index contributed by atoms with van der Waals surface area (Å²) in [6.07, 6.45) is 5.43. The molecule has 0 saturated carbocycles. The van der Waals surface area contributed by atoms with Gasteiger partial charge in [0.2, 0.25) is 0 Å². The van der Waals surface area contributed by atoms with Crippen LogP contribution in [0.4, 0.5) is 0 Å². The second-order valence-corrected chi connectivity index (χ2v) is 5.77. The molecule has 1 saturated heterocycles. The summed E-state index contributed by atoms with van der Waals surface area (Å²) >= 11 is 0. The predicted molar refractivity (Wildman–Crippen MR) is 68.5 cm³/mol. The number of ether oxygens (including phenoxy) is 1. The molecule has 0 aliphatic carbocycles. The largest absolute Gasteiger partial charge is 0.380 e.